The molecule has 0 bridgehead atoms. The highest BCUT2D eigenvalue weighted by atomic mass is 32.2. The van der Waals surface area contributed by atoms with E-state index in [1.54, 1.807) is 115 Å². The SMILES string of the molecule is CC(C)c1cc(F)cc(-c2ccnc(OCC(C)(C)n3cc(C(=O)N(C)C)c(S(N)(=O)=O)n3)c2)c1CC(=O)O.COc1ccc(CN(Cc2ccc(OC)cc2)S(=O)(=O)c2nn(C(C)(C)COc3cc(-c4cc(F)cc(C(C)C)c4CC(=O)O)ccn3)cc2C(=O)N(C)C)cc1. The minimum Gasteiger partial charge on any atom is -0.497 e. The Hall–Kier alpha value is -9.64. The second-order valence-electron chi connectivity index (χ2n) is 25.0. The Labute approximate surface area is 557 Å². The molecule has 0 saturated heterocycles. The van der Waals surface area contributed by atoms with Gasteiger partial charge in [0.15, 0.2) is 0 Å². The van der Waals surface area contributed by atoms with Gasteiger partial charge < -0.3 is 39.0 Å². The zero-order chi connectivity index (χ0) is 70.9. The number of benzene rings is 4. The summed E-state index contributed by atoms with van der Waals surface area (Å²) in [6, 6.07) is 25.8. The first-order chi connectivity index (χ1) is 44.9. The van der Waals surface area contributed by atoms with E-state index in [4.69, 9.17) is 24.1 Å². The molecule has 28 heteroatoms. The summed E-state index contributed by atoms with van der Waals surface area (Å²) < 4.78 is 110. The van der Waals surface area contributed by atoms with Gasteiger partial charge in [0.05, 0.1) is 49.3 Å². The van der Waals surface area contributed by atoms with Crippen LogP contribution in [0.4, 0.5) is 8.78 Å². The van der Waals surface area contributed by atoms with Gasteiger partial charge >= 0.3 is 11.9 Å². The van der Waals surface area contributed by atoms with E-state index in [1.165, 1.54) is 101 Å². The van der Waals surface area contributed by atoms with Crippen LogP contribution in [0.2, 0.25) is 0 Å². The van der Waals surface area contributed by atoms with Gasteiger partial charge in [-0.05, 0) is 156 Å². The number of primary sulfonamides is 1. The molecule has 0 unspecified atom stereocenters. The number of ether oxygens (including phenoxy) is 4. The summed E-state index contributed by atoms with van der Waals surface area (Å²) in [5, 5.41) is 32.1. The topological polar surface area (TPSA) is 311 Å². The Bertz CT molecular complexity index is 4330. The standard InChI is InChI=1S/C42H48FN5O8S.C26H32FN5O6S/c1-27(2)34-20-31(43)21-35(36(34)22-39(49)50)30-17-18-44-38(19-30)56-26-42(3,4)48-25-37(41(51)46(5)6)40(45-48)57(52,53)47(23-28-9-13-32(54-7)14-10-28)24-29-11-15-33(55-8)16-12-29;1-15(2)18-10-17(27)11-19(20(18)12-23(33)34)16-7-8-29-22(9-16)38-14-26(3,4)32-13-21(25(35)31(5)6)24(30-32)39(28,36)37/h9-21,25,27H,22-24,26H2,1-8H3,(H,49,50);7-11,13,15H,12,14H2,1-6H3,(H,33,34)(H2,28,36,37). The molecule has 4 aromatic heterocycles. The van der Waals surface area contributed by atoms with Crippen LogP contribution in [-0.4, -0.2) is 150 Å². The van der Waals surface area contributed by atoms with Crippen molar-refractivity contribution in [3.8, 4) is 45.5 Å². The van der Waals surface area contributed by atoms with E-state index in [1.807, 2.05) is 27.7 Å². The number of amides is 2. The average Bonchev–Trinajstić information content (AvgIpc) is 1.58. The van der Waals surface area contributed by atoms with Crippen molar-refractivity contribution < 1.29 is 74.0 Å². The number of nitrogens with two attached hydrogens (primary N) is 1. The largest absolute Gasteiger partial charge is 0.497 e. The van der Waals surface area contributed by atoms with Gasteiger partial charge in [-0.2, -0.15) is 14.5 Å². The number of hydrogen-bond donors (Lipinski definition) is 3. The molecular weight excluding hydrogens is 1280 g/mol. The van der Waals surface area contributed by atoms with Crippen molar-refractivity contribution in [2.45, 2.75) is 114 Å². The van der Waals surface area contributed by atoms with Crippen molar-refractivity contribution in [3.05, 3.63) is 178 Å². The maximum absolute atomic E-state index is 14.8. The number of hydrogen-bond acceptors (Lipinski definition) is 16. The Kier molecular flexibility index (Phi) is 23.4. The number of pyridine rings is 2. The van der Waals surface area contributed by atoms with Crippen LogP contribution in [-0.2, 0) is 66.6 Å². The molecule has 0 aliphatic rings. The van der Waals surface area contributed by atoms with Crippen molar-refractivity contribution in [2.24, 2.45) is 5.14 Å². The monoisotopic (exact) mass is 1360 g/mol. The lowest BCUT2D eigenvalue weighted by Gasteiger charge is -2.25. The highest BCUT2D eigenvalue weighted by Gasteiger charge is 2.37. The number of rotatable bonds is 27. The van der Waals surface area contributed by atoms with E-state index in [2.05, 4.69) is 20.2 Å². The second kappa shape index (κ2) is 30.4. The molecular formula is C68H80F2N10O14S2. The van der Waals surface area contributed by atoms with Crippen LogP contribution in [0.5, 0.6) is 23.3 Å². The molecule has 0 radical (unpaired) electrons. The number of nitrogens with zero attached hydrogens (tertiary/aromatic N) is 9. The fraction of sp³-hybridized carbons (Fsp3) is 0.353. The number of carbonyl (C=O) groups is 4. The highest BCUT2D eigenvalue weighted by Crippen LogP contribution is 2.37. The molecule has 0 saturated carbocycles. The zero-order valence-corrected chi connectivity index (χ0v) is 57.5. The van der Waals surface area contributed by atoms with Gasteiger partial charge in [0, 0.05) is 78.2 Å². The van der Waals surface area contributed by atoms with Crippen molar-refractivity contribution in [2.75, 3.05) is 55.6 Å². The van der Waals surface area contributed by atoms with Crippen LogP contribution in [0.3, 0.4) is 0 Å². The summed E-state index contributed by atoms with van der Waals surface area (Å²) in [5.74, 6) is -2.89. The lowest BCUT2D eigenvalue weighted by Crippen LogP contribution is -2.35. The molecule has 0 aliphatic heterocycles. The van der Waals surface area contributed by atoms with E-state index in [0.29, 0.717) is 67.1 Å². The normalized spacial score (nSPS) is 11.9. The number of halogens is 2. The number of carboxylic acid groups (broad SMARTS) is 2. The molecule has 4 aromatic carbocycles. The molecule has 8 aromatic rings. The molecule has 0 aliphatic carbocycles. The van der Waals surface area contributed by atoms with Gasteiger partial charge in [-0.1, -0.05) is 52.0 Å². The minimum atomic E-state index is -4.44. The predicted molar refractivity (Wildman–Crippen MR) is 354 cm³/mol. The first kappa shape index (κ1) is 73.8. The molecule has 24 nitrogen and oxygen atoms in total. The first-order valence-corrected chi connectivity index (χ1v) is 33.1. The van der Waals surface area contributed by atoms with Crippen molar-refractivity contribution in [1.82, 2.24) is 43.6 Å². The second-order valence-corrected chi connectivity index (χ2v) is 28.3. The van der Waals surface area contributed by atoms with Gasteiger partial charge in [-0.3, -0.25) is 28.5 Å². The third-order valence-corrected chi connectivity index (χ3v) is 18.0. The molecule has 8 rings (SSSR count). The number of carbonyl (C=O) groups excluding carboxylic acids is 2. The smallest absolute Gasteiger partial charge is 0.307 e. The van der Waals surface area contributed by atoms with Gasteiger partial charge in [0.25, 0.3) is 31.9 Å². The maximum atomic E-state index is 14.8. The van der Waals surface area contributed by atoms with Crippen LogP contribution in [0.1, 0.15) is 121 Å². The predicted octanol–water partition coefficient (Wildman–Crippen LogP) is 9.76. The van der Waals surface area contributed by atoms with E-state index in [-0.39, 0.29) is 73.9 Å². The molecule has 0 atom stereocenters. The molecule has 0 spiro atoms. The van der Waals surface area contributed by atoms with Crippen molar-refractivity contribution >= 4 is 43.8 Å². The van der Waals surface area contributed by atoms with Crippen LogP contribution in [0.15, 0.2) is 132 Å². The van der Waals surface area contributed by atoms with E-state index in [9.17, 15) is 55.0 Å². The fourth-order valence-corrected chi connectivity index (χ4v) is 12.4. The number of aliphatic carboxylic acids is 2. The van der Waals surface area contributed by atoms with Crippen LogP contribution >= 0.6 is 0 Å². The third kappa shape index (κ3) is 18.0. The Morgan fingerprint density at radius 2 is 0.938 bits per heavy atom. The summed E-state index contributed by atoms with van der Waals surface area (Å²) in [5.41, 5.74) is 3.12. The van der Waals surface area contributed by atoms with E-state index in [0.717, 1.165) is 0 Å². The van der Waals surface area contributed by atoms with E-state index >= 15 is 0 Å². The zero-order valence-electron chi connectivity index (χ0n) is 55.9. The Balaban J connectivity index is 0.000000291. The summed E-state index contributed by atoms with van der Waals surface area (Å²) in [4.78, 5) is 60.6. The van der Waals surface area contributed by atoms with Gasteiger partial charge in [-0.25, -0.2) is 40.7 Å². The molecule has 4 heterocycles. The third-order valence-electron chi connectivity index (χ3n) is 15.4. The van der Waals surface area contributed by atoms with Gasteiger partial charge in [0.2, 0.25) is 21.8 Å². The number of carboxylic acids is 2. The Morgan fingerprint density at radius 3 is 1.27 bits per heavy atom. The van der Waals surface area contributed by atoms with Crippen LogP contribution < -0.4 is 24.1 Å². The minimum absolute atomic E-state index is 0.0342. The molecule has 512 valence electrons. The van der Waals surface area contributed by atoms with Crippen molar-refractivity contribution in [3.63, 3.8) is 0 Å². The highest BCUT2D eigenvalue weighted by molar-refractivity contribution is 7.89. The van der Waals surface area contributed by atoms with Gasteiger partial charge in [-0.15, -0.1) is 0 Å². The molecule has 2 amide bonds. The molecule has 96 heavy (non-hydrogen) atoms. The summed E-state index contributed by atoms with van der Waals surface area (Å²) in [6.07, 6.45) is 5.06. The number of methoxy groups -OCH3 is 2. The fourth-order valence-electron chi connectivity index (χ4n) is 10.2. The van der Waals surface area contributed by atoms with Gasteiger partial charge in [0.1, 0.15) is 36.3 Å². The number of sulfonamides is 2. The molecule has 0 fully saturated rings. The van der Waals surface area contributed by atoms with E-state index < -0.39 is 76.6 Å². The summed E-state index contributed by atoms with van der Waals surface area (Å²) in [6.45, 7) is 14.2. The van der Waals surface area contributed by atoms with Crippen molar-refractivity contribution in [1.29, 1.82) is 0 Å². The van der Waals surface area contributed by atoms with Crippen LogP contribution in [0.25, 0.3) is 22.3 Å². The quantitative estimate of drug-likeness (QED) is 0.0431. The maximum Gasteiger partial charge on any atom is 0.307 e. The first-order valence-electron chi connectivity index (χ1n) is 30.1. The average molecular weight is 1360 g/mol. The summed E-state index contributed by atoms with van der Waals surface area (Å²) in [7, 11) is 0.372. The lowest BCUT2D eigenvalue weighted by atomic mass is 9.88. The molecule has 4 N–H and O–H groups in total. The lowest BCUT2D eigenvalue weighted by molar-refractivity contribution is -0.137. The Morgan fingerprint density at radius 1 is 0.573 bits per heavy atom. The number of aromatic nitrogens is 6. The van der Waals surface area contributed by atoms with Crippen LogP contribution in [0, 0.1) is 11.6 Å². The summed E-state index contributed by atoms with van der Waals surface area (Å²) >= 11 is 0.